The first-order chi connectivity index (χ1) is 8.79. The molecule has 18 heavy (non-hydrogen) atoms. The lowest BCUT2D eigenvalue weighted by atomic mass is 10.1. The summed E-state index contributed by atoms with van der Waals surface area (Å²) in [6.45, 7) is 2.79. The third kappa shape index (κ3) is 1.73. The summed E-state index contributed by atoms with van der Waals surface area (Å²) >= 11 is 0. The van der Waals surface area contributed by atoms with Crippen LogP contribution < -0.4 is 9.47 Å². The maximum Gasteiger partial charge on any atom is 0.162 e. The zero-order chi connectivity index (χ0) is 12.5. The van der Waals surface area contributed by atoms with Crippen molar-refractivity contribution in [3.05, 3.63) is 29.5 Å². The molecule has 3 rings (SSSR count). The zero-order valence-electron chi connectivity index (χ0n) is 9.97. The van der Waals surface area contributed by atoms with E-state index in [-0.39, 0.29) is 6.61 Å². The molecule has 0 atom stereocenters. The Morgan fingerprint density at radius 2 is 2.00 bits per heavy atom. The largest absolute Gasteiger partial charge is 0.486 e. The van der Waals surface area contributed by atoms with Gasteiger partial charge in [0.15, 0.2) is 11.5 Å². The highest BCUT2D eigenvalue weighted by molar-refractivity contribution is 5.67. The molecule has 1 aliphatic rings. The number of fused-ring (bicyclic) bond motifs is 1. The number of aliphatic hydroxyl groups excluding tert-OH is 1. The molecule has 0 radical (unpaired) electrons. The number of hydrogen-bond acceptors (Lipinski definition) is 5. The van der Waals surface area contributed by atoms with Crippen LogP contribution in [0.2, 0.25) is 0 Å². The Labute approximate surface area is 104 Å². The number of aromatic nitrogens is 1. The highest BCUT2D eigenvalue weighted by Gasteiger charge is 2.17. The van der Waals surface area contributed by atoms with Crippen LogP contribution in [0.3, 0.4) is 0 Å². The van der Waals surface area contributed by atoms with Crippen molar-refractivity contribution in [2.24, 2.45) is 0 Å². The standard InChI is InChI=1S/C13H13NO4/c1-8-10(7-15)13(14-18-8)9-2-3-11-12(6-9)17-5-4-16-11/h2-3,6,15H,4-5,7H2,1H3. The molecule has 5 nitrogen and oxygen atoms in total. The van der Waals surface area contributed by atoms with Gasteiger partial charge in [-0.3, -0.25) is 0 Å². The van der Waals surface area contributed by atoms with Crippen molar-refractivity contribution in [3.8, 4) is 22.8 Å². The van der Waals surface area contributed by atoms with E-state index in [4.69, 9.17) is 14.0 Å². The van der Waals surface area contributed by atoms with Gasteiger partial charge in [-0.15, -0.1) is 0 Å². The normalized spacial score (nSPS) is 13.7. The van der Waals surface area contributed by atoms with Gasteiger partial charge in [0.2, 0.25) is 0 Å². The molecule has 0 bridgehead atoms. The number of hydrogen-bond donors (Lipinski definition) is 1. The number of aryl methyl sites for hydroxylation is 1. The SMILES string of the molecule is Cc1onc(-c2ccc3c(c2)OCCO3)c1CO. The second-order valence-corrected chi connectivity index (χ2v) is 4.08. The minimum Gasteiger partial charge on any atom is -0.486 e. The lowest BCUT2D eigenvalue weighted by molar-refractivity contribution is 0.171. The molecule has 0 saturated heterocycles. The van der Waals surface area contributed by atoms with Crippen LogP contribution in [-0.2, 0) is 6.61 Å². The Bertz CT molecular complexity index is 576. The van der Waals surface area contributed by atoms with Crippen molar-refractivity contribution in [2.75, 3.05) is 13.2 Å². The molecule has 2 aromatic rings. The van der Waals surface area contributed by atoms with Crippen molar-refractivity contribution in [3.63, 3.8) is 0 Å². The molecule has 0 aliphatic carbocycles. The minimum absolute atomic E-state index is 0.0981. The molecule has 94 valence electrons. The second-order valence-electron chi connectivity index (χ2n) is 4.08. The van der Waals surface area contributed by atoms with Gasteiger partial charge >= 0.3 is 0 Å². The van der Waals surface area contributed by atoms with Gasteiger partial charge < -0.3 is 19.1 Å². The van der Waals surface area contributed by atoms with Crippen molar-refractivity contribution in [2.45, 2.75) is 13.5 Å². The number of nitrogens with zero attached hydrogens (tertiary/aromatic N) is 1. The molecular weight excluding hydrogens is 234 g/mol. The summed E-state index contributed by atoms with van der Waals surface area (Å²) in [7, 11) is 0. The fraction of sp³-hybridized carbons (Fsp3) is 0.308. The maximum atomic E-state index is 9.33. The van der Waals surface area contributed by atoms with E-state index >= 15 is 0 Å². The van der Waals surface area contributed by atoms with Gasteiger partial charge in [0, 0.05) is 11.1 Å². The van der Waals surface area contributed by atoms with E-state index < -0.39 is 0 Å². The summed E-state index contributed by atoms with van der Waals surface area (Å²) in [5.74, 6) is 2.06. The van der Waals surface area contributed by atoms with Crippen LogP contribution in [0.1, 0.15) is 11.3 Å². The summed E-state index contributed by atoms with van der Waals surface area (Å²) < 4.78 is 16.1. The predicted molar refractivity (Wildman–Crippen MR) is 63.6 cm³/mol. The van der Waals surface area contributed by atoms with Gasteiger partial charge in [-0.25, -0.2) is 0 Å². The summed E-state index contributed by atoms with van der Waals surface area (Å²) in [6, 6.07) is 5.57. The summed E-state index contributed by atoms with van der Waals surface area (Å²) in [6.07, 6.45) is 0. The van der Waals surface area contributed by atoms with Gasteiger partial charge in [-0.05, 0) is 25.1 Å². The van der Waals surface area contributed by atoms with Crippen LogP contribution in [-0.4, -0.2) is 23.5 Å². The molecule has 0 unspecified atom stereocenters. The van der Waals surface area contributed by atoms with Gasteiger partial charge in [0.05, 0.1) is 6.61 Å². The highest BCUT2D eigenvalue weighted by Crippen LogP contribution is 2.35. The van der Waals surface area contributed by atoms with Crippen LogP contribution in [0.15, 0.2) is 22.7 Å². The Balaban J connectivity index is 2.06. The number of benzene rings is 1. The summed E-state index contributed by atoms with van der Waals surface area (Å²) in [4.78, 5) is 0. The third-order valence-corrected chi connectivity index (χ3v) is 2.96. The number of rotatable bonds is 2. The van der Waals surface area contributed by atoms with Crippen LogP contribution >= 0.6 is 0 Å². The quantitative estimate of drug-likeness (QED) is 0.878. The summed E-state index contributed by atoms with van der Waals surface area (Å²) in [5, 5.41) is 13.3. The fourth-order valence-corrected chi connectivity index (χ4v) is 1.99. The van der Waals surface area contributed by atoms with Crippen molar-refractivity contribution in [1.29, 1.82) is 0 Å². The van der Waals surface area contributed by atoms with Crippen LogP contribution in [0.4, 0.5) is 0 Å². The van der Waals surface area contributed by atoms with Crippen molar-refractivity contribution >= 4 is 0 Å². The van der Waals surface area contributed by atoms with E-state index in [1.54, 1.807) is 6.92 Å². The Morgan fingerprint density at radius 3 is 2.78 bits per heavy atom. The zero-order valence-corrected chi connectivity index (χ0v) is 9.97. The molecule has 1 aliphatic heterocycles. The molecule has 0 saturated carbocycles. The Morgan fingerprint density at radius 1 is 1.22 bits per heavy atom. The Kier molecular flexibility index (Phi) is 2.68. The maximum absolute atomic E-state index is 9.33. The molecule has 1 aromatic heterocycles. The van der Waals surface area contributed by atoms with Gasteiger partial charge in [0.25, 0.3) is 0 Å². The second kappa shape index (κ2) is 4.34. The summed E-state index contributed by atoms with van der Waals surface area (Å²) in [5.41, 5.74) is 2.19. The van der Waals surface area contributed by atoms with Gasteiger partial charge in [0.1, 0.15) is 24.7 Å². The molecule has 1 N–H and O–H groups in total. The highest BCUT2D eigenvalue weighted by atomic mass is 16.6. The smallest absolute Gasteiger partial charge is 0.162 e. The average Bonchev–Trinajstić information content (AvgIpc) is 2.79. The first-order valence-electron chi connectivity index (χ1n) is 5.75. The first kappa shape index (κ1) is 11.1. The van der Waals surface area contributed by atoms with Crippen LogP contribution in [0.5, 0.6) is 11.5 Å². The number of ether oxygens (including phenoxy) is 2. The van der Waals surface area contributed by atoms with E-state index in [0.717, 1.165) is 11.3 Å². The molecule has 2 heterocycles. The van der Waals surface area contributed by atoms with Crippen molar-refractivity contribution in [1.82, 2.24) is 5.16 Å². The van der Waals surface area contributed by atoms with E-state index in [2.05, 4.69) is 5.16 Å². The van der Waals surface area contributed by atoms with E-state index in [1.807, 2.05) is 18.2 Å². The number of aliphatic hydroxyl groups is 1. The Hall–Kier alpha value is -2.01. The van der Waals surface area contributed by atoms with E-state index in [0.29, 0.717) is 36.0 Å². The van der Waals surface area contributed by atoms with Crippen LogP contribution in [0.25, 0.3) is 11.3 Å². The van der Waals surface area contributed by atoms with Crippen LogP contribution in [0, 0.1) is 6.92 Å². The molecule has 0 amide bonds. The molecule has 0 fully saturated rings. The monoisotopic (exact) mass is 247 g/mol. The topological polar surface area (TPSA) is 64.7 Å². The van der Waals surface area contributed by atoms with Crippen molar-refractivity contribution < 1.29 is 19.1 Å². The van der Waals surface area contributed by atoms with E-state index in [1.165, 1.54) is 0 Å². The predicted octanol–water partition coefficient (Wildman–Crippen LogP) is 1.91. The third-order valence-electron chi connectivity index (χ3n) is 2.96. The van der Waals surface area contributed by atoms with Gasteiger partial charge in [-0.2, -0.15) is 0 Å². The fourth-order valence-electron chi connectivity index (χ4n) is 1.99. The molecule has 1 aromatic carbocycles. The average molecular weight is 247 g/mol. The van der Waals surface area contributed by atoms with Gasteiger partial charge in [-0.1, -0.05) is 5.16 Å². The lowest BCUT2D eigenvalue weighted by Crippen LogP contribution is -2.15. The lowest BCUT2D eigenvalue weighted by Gasteiger charge is -2.18. The molecule has 5 heteroatoms. The minimum atomic E-state index is -0.0981. The molecular formula is C13H13NO4. The van der Waals surface area contributed by atoms with E-state index in [9.17, 15) is 5.11 Å². The molecule has 0 spiro atoms. The first-order valence-corrected chi connectivity index (χ1v) is 5.75.